The molecule has 0 spiro atoms. The molecule has 0 saturated heterocycles. The van der Waals surface area contributed by atoms with E-state index < -0.39 is 0 Å². The van der Waals surface area contributed by atoms with E-state index in [9.17, 15) is 0 Å². The van der Waals surface area contributed by atoms with E-state index in [0.29, 0.717) is 6.04 Å². The second-order valence-corrected chi connectivity index (χ2v) is 7.88. The smallest absolute Gasteiger partial charge is 0.112 e. The van der Waals surface area contributed by atoms with Gasteiger partial charge in [0, 0.05) is 17.1 Å². The normalized spacial score (nSPS) is 22.6. The summed E-state index contributed by atoms with van der Waals surface area (Å²) in [4.78, 5) is 8.15. The van der Waals surface area contributed by atoms with Gasteiger partial charge in [-0.3, -0.25) is 0 Å². The quantitative estimate of drug-likeness (QED) is 0.857. The van der Waals surface area contributed by atoms with Crippen molar-refractivity contribution >= 4 is 16.7 Å². The van der Waals surface area contributed by atoms with Gasteiger partial charge in [0.2, 0.25) is 0 Å². The van der Waals surface area contributed by atoms with Crippen LogP contribution in [0.25, 0.3) is 11.0 Å². The number of anilines is 1. The van der Waals surface area contributed by atoms with Crippen molar-refractivity contribution in [3.05, 3.63) is 24.0 Å². The van der Waals surface area contributed by atoms with Gasteiger partial charge in [0.15, 0.2) is 0 Å². The number of aromatic nitrogens is 2. The van der Waals surface area contributed by atoms with Gasteiger partial charge in [-0.2, -0.15) is 0 Å². The summed E-state index contributed by atoms with van der Waals surface area (Å²) in [5, 5.41) is 3.66. The third kappa shape index (κ3) is 2.92. The second-order valence-electron chi connectivity index (χ2n) is 7.88. The molecule has 3 rings (SSSR count). The maximum absolute atomic E-state index is 4.69. The van der Waals surface area contributed by atoms with Crippen LogP contribution < -0.4 is 5.32 Å². The van der Waals surface area contributed by atoms with Crippen molar-refractivity contribution in [2.75, 3.05) is 5.32 Å². The Morgan fingerprint density at radius 3 is 2.57 bits per heavy atom. The van der Waals surface area contributed by atoms with Crippen LogP contribution in [0.3, 0.4) is 0 Å². The molecule has 1 fully saturated rings. The molecule has 0 radical (unpaired) electrons. The highest BCUT2D eigenvalue weighted by molar-refractivity contribution is 5.79. The second kappa shape index (κ2) is 5.04. The van der Waals surface area contributed by atoms with E-state index in [1.54, 1.807) is 0 Å². The highest BCUT2D eigenvalue weighted by Gasteiger charge is 2.31. The molecule has 21 heavy (non-hydrogen) atoms. The van der Waals surface area contributed by atoms with Gasteiger partial charge in [-0.1, -0.05) is 34.6 Å². The van der Waals surface area contributed by atoms with Crippen molar-refractivity contribution in [1.82, 2.24) is 9.97 Å². The molecular weight excluding hydrogens is 258 g/mol. The lowest BCUT2D eigenvalue weighted by atomic mass is 9.73. The number of benzene rings is 1. The molecule has 3 nitrogen and oxygen atoms in total. The maximum Gasteiger partial charge on any atom is 0.112 e. The largest absolute Gasteiger partial charge is 0.382 e. The minimum Gasteiger partial charge on any atom is -0.382 e. The lowest BCUT2D eigenvalue weighted by Crippen LogP contribution is -2.37. The summed E-state index contributed by atoms with van der Waals surface area (Å²) in [6, 6.07) is 7.10. The summed E-state index contributed by atoms with van der Waals surface area (Å²) < 4.78 is 0. The predicted molar refractivity (Wildman–Crippen MR) is 89.8 cm³/mol. The molecule has 1 aliphatic carbocycles. The van der Waals surface area contributed by atoms with Gasteiger partial charge in [-0.25, -0.2) is 4.98 Å². The van der Waals surface area contributed by atoms with Crippen molar-refractivity contribution in [3.8, 4) is 0 Å². The molecule has 2 N–H and O–H groups in total. The van der Waals surface area contributed by atoms with Crippen LogP contribution in [-0.4, -0.2) is 16.0 Å². The van der Waals surface area contributed by atoms with Gasteiger partial charge < -0.3 is 10.3 Å². The van der Waals surface area contributed by atoms with Crippen LogP contribution in [0, 0.1) is 11.8 Å². The van der Waals surface area contributed by atoms with E-state index in [2.05, 4.69) is 63.1 Å². The SMILES string of the molecule is CC(C)C1CC(Nc2ccc3nc(C(C)(C)C)[nH]c3c2)C1. The van der Waals surface area contributed by atoms with Crippen LogP contribution in [0.4, 0.5) is 5.69 Å². The molecule has 1 aromatic heterocycles. The number of imidazole rings is 1. The molecule has 1 saturated carbocycles. The van der Waals surface area contributed by atoms with E-state index in [-0.39, 0.29) is 5.41 Å². The standard InChI is InChI=1S/C18H27N3/c1-11(2)12-8-14(9-12)19-13-6-7-15-16(10-13)21-17(20-15)18(3,4)5/h6-7,10-12,14,19H,8-9H2,1-5H3,(H,20,21). The number of fused-ring (bicyclic) bond motifs is 1. The molecule has 0 unspecified atom stereocenters. The average molecular weight is 285 g/mol. The molecular formula is C18H27N3. The van der Waals surface area contributed by atoms with Gasteiger partial charge in [0.25, 0.3) is 0 Å². The van der Waals surface area contributed by atoms with Crippen molar-refractivity contribution in [2.45, 2.75) is 58.9 Å². The van der Waals surface area contributed by atoms with Gasteiger partial charge in [0.05, 0.1) is 11.0 Å². The Morgan fingerprint density at radius 1 is 1.24 bits per heavy atom. The molecule has 3 heteroatoms. The van der Waals surface area contributed by atoms with Crippen LogP contribution >= 0.6 is 0 Å². The lowest BCUT2D eigenvalue weighted by molar-refractivity contribution is 0.212. The first kappa shape index (κ1) is 14.4. The predicted octanol–water partition coefficient (Wildman–Crippen LogP) is 4.71. The number of aromatic amines is 1. The van der Waals surface area contributed by atoms with Gasteiger partial charge in [-0.05, 0) is 42.9 Å². The molecule has 2 aromatic rings. The number of hydrogen-bond donors (Lipinski definition) is 2. The van der Waals surface area contributed by atoms with Crippen molar-refractivity contribution in [3.63, 3.8) is 0 Å². The van der Waals surface area contributed by atoms with Crippen LogP contribution in [0.15, 0.2) is 18.2 Å². The lowest BCUT2D eigenvalue weighted by Gasteiger charge is -2.39. The summed E-state index contributed by atoms with van der Waals surface area (Å²) >= 11 is 0. The van der Waals surface area contributed by atoms with Gasteiger partial charge >= 0.3 is 0 Å². The molecule has 0 aliphatic heterocycles. The Bertz CT molecular complexity index is 627. The number of hydrogen-bond acceptors (Lipinski definition) is 2. The van der Waals surface area contributed by atoms with E-state index in [1.807, 2.05) is 0 Å². The summed E-state index contributed by atoms with van der Waals surface area (Å²) in [6.45, 7) is 11.2. The summed E-state index contributed by atoms with van der Waals surface area (Å²) in [5.74, 6) is 2.76. The fourth-order valence-electron chi connectivity index (χ4n) is 3.01. The molecule has 0 amide bonds. The zero-order chi connectivity index (χ0) is 15.2. The molecule has 1 aromatic carbocycles. The highest BCUT2D eigenvalue weighted by Crippen LogP contribution is 2.35. The van der Waals surface area contributed by atoms with Crippen LogP contribution in [0.1, 0.15) is 53.3 Å². The number of H-pyrrole nitrogens is 1. The topological polar surface area (TPSA) is 40.7 Å². The minimum atomic E-state index is 0.0606. The molecule has 1 aliphatic rings. The monoisotopic (exact) mass is 285 g/mol. The number of nitrogens with one attached hydrogen (secondary N) is 2. The van der Waals surface area contributed by atoms with Crippen LogP contribution in [0.2, 0.25) is 0 Å². The Labute approximate surface area is 127 Å². The Morgan fingerprint density at radius 2 is 1.95 bits per heavy atom. The third-order valence-corrected chi connectivity index (χ3v) is 4.68. The van der Waals surface area contributed by atoms with Crippen molar-refractivity contribution < 1.29 is 0 Å². The number of nitrogens with zero attached hydrogens (tertiary/aromatic N) is 1. The molecule has 0 bridgehead atoms. The maximum atomic E-state index is 4.69. The summed E-state index contributed by atoms with van der Waals surface area (Å²) in [7, 11) is 0. The Hall–Kier alpha value is -1.51. The fourth-order valence-corrected chi connectivity index (χ4v) is 3.01. The van der Waals surface area contributed by atoms with Gasteiger partial charge in [-0.15, -0.1) is 0 Å². The van der Waals surface area contributed by atoms with Crippen molar-refractivity contribution in [1.29, 1.82) is 0 Å². The molecule has 114 valence electrons. The zero-order valence-corrected chi connectivity index (χ0v) is 13.8. The van der Waals surface area contributed by atoms with E-state index in [1.165, 1.54) is 18.5 Å². The minimum absolute atomic E-state index is 0.0606. The van der Waals surface area contributed by atoms with E-state index in [4.69, 9.17) is 4.98 Å². The number of rotatable bonds is 3. The van der Waals surface area contributed by atoms with Gasteiger partial charge in [0.1, 0.15) is 5.82 Å². The first-order chi connectivity index (χ1) is 9.83. The fraction of sp³-hybridized carbons (Fsp3) is 0.611. The van der Waals surface area contributed by atoms with E-state index in [0.717, 1.165) is 28.7 Å². The first-order valence-corrected chi connectivity index (χ1v) is 8.09. The molecule has 1 heterocycles. The summed E-state index contributed by atoms with van der Waals surface area (Å²) in [5.41, 5.74) is 3.45. The van der Waals surface area contributed by atoms with Crippen LogP contribution in [-0.2, 0) is 5.41 Å². The summed E-state index contributed by atoms with van der Waals surface area (Å²) in [6.07, 6.45) is 2.60. The Balaban J connectivity index is 1.73. The zero-order valence-electron chi connectivity index (χ0n) is 13.8. The Kier molecular flexibility index (Phi) is 3.46. The highest BCUT2D eigenvalue weighted by atomic mass is 15.0. The average Bonchev–Trinajstić information content (AvgIpc) is 2.75. The first-order valence-electron chi connectivity index (χ1n) is 8.09. The third-order valence-electron chi connectivity index (χ3n) is 4.68. The van der Waals surface area contributed by atoms with Crippen molar-refractivity contribution in [2.24, 2.45) is 11.8 Å². The van der Waals surface area contributed by atoms with Crippen LogP contribution in [0.5, 0.6) is 0 Å². The van der Waals surface area contributed by atoms with E-state index >= 15 is 0 Å². The molecule has 0 atom stereocenters.